The zero-order valence-corrected chi connectivity index (χ0v) is 18.1. The van der Waals surface area contributed by atoms with Crippen molar-refractivity contribution in [1.29, 1.82) is 0 Å². The van der Waals surface area contributed by atoms with Gasteiger partial charge in [-0.05, 0) is 12.5 Å². The number of aromatic nitrogens is 2. The molecule has 0 amide bonds. The van der Waals surface area contributed by atoms with Gasteiger partial charge in [0.05, 0.1) is 18.8 Å². The lowest BCUT2D eigenvalue weighted by atomic mass is 10.1. The van der Waals surface area contributed by atoms with E-state index in [0.717, 1.165) is 4.57 Å². The number of phosphoric ester groups is 1. The second kappa shape index (κ2) is 9.49. The van der Waals surface area contributed by atoms with Gasteiger partial charge in [0.15, 0.2) is 0 Å². The predicted molar refractivity (Wildman–Crippen MR) is 92.2 cm³/mol. The van der Waals surface area contributed by atoms with Crippen LogP contribution in [0, 0.1) is 6.92 Å². The molecule has 0 saturated carbocycles. The van der Waals surface area contributed by atoms with E-state index < -0.39 is 65.1 Å². The molecule has 20 heteroatoms. The Bertz CT molecular complexity index is 1140. The topological polar surface area (TPSA) is 275 Å². The van der Waals surface area contributed by atoms with Crippen LogP contribution < -0.4 is 30.8 Å². The molecule has 31 heavy (non-hydrogen) atoms. The first-order valence-electron chi connectivity index (χ1n) is 8.12. The summed E-state index contributed by atoms with van der Waals surface area (Å²) in [5.41, 5.74) is 7.32. The van der Waals surface area contributed by atoms with E-state index in [2.05, 4.69) is 18.9 Å². The molecule has 0 bridgehead atoms. The molecule has 0 aromatic carbocycles. The zero-order chi connectivity index (χ0) is 23.6. The Balaban J connectivity index is 2.14. The van der Waals surface area contributed by atoms with E-state index in [9.17, 15) is 42.9 Å². The number of ether oxygens (including phenoxy) is 1. The molecule has 17 nitrogen and oxygen atoms in total. The maximum atomic E-state index is 12.0. The van der Waals surface area contributed by atoms with Gasteiger partial charge in [-0.15, -0.1) is 0 Å². The Hall–Kier alpha value is -1.60. The molecule has 1 aliphatic heterocycles. The second-order valence-corrected chi connectivity index (χ2v) is 11.7. The number of phosphoric acid groups is 1. The maximum absolute atomic E-state index is 12.0. The van der Waals surface area contributed by atoms with Gasteiger partial charge in [0.2, 0.25) is 0 Å². The number of nitrogens with zero attached hydrogens (tertiary/aromatic N) is 4. The third kappa shape index (κ3) is 7.49. The van der Waals surface area contributed by atoms with Crippen molar-refractivity contribution in [2.45, 2.75) is 31.7 Å². The third-order valence-corrected chi connectivity index (χ3v) is 8.86. The lowest BCUT2D eigenvalue weighted by Crippen LogP contribution is -2.33. The van der Waals surface area contributed by atoms with E-state index in [0.29, 0.717) is 0 Å². The van der Waals surface area contributed by atoms with Crippen LogP contribution in [0.5, 0.6) is 0 Å². The van der Waals surface area contributed by atoms with Gasteiger partial charge >= 0.3 is 5.69 Å². The van der Waals surface area contributed by atoms with Gasteiger partial charge in [0.25, 0.3) is 13.4 Å². The molecule has 1 aliphatic rings. The minimum absolute atomic E-state index is 0.136. The maximum Gasteiger partial charge on any atom is 0.330 e. The summed E-state index contributed by atoms with van der Waals surface area (Å²) in [7, 11) is -17.0. The number of hydrogen-bond acceptors (Lipinski definition) is 13. The minimum Gasteiger partial charge on any atom is -0.810 e. The summed E-state index contributed by atoms with van der Waals surface area (Å²) < 4.78 is 48.0. The minimum atomic E-state index is -5.67. The average molecular weight is 501 g/mol. The molecule has 0 aliphatic carbocycles. The fourth-order valence-corrected chi connectivity index (χ4v) is 6.71. The number of azide groups is 1. The normalized spacial score (nSPS) is 25.4. The number of nitrogens with one attached hydrogen (secondary N) is 1. The monoisotopic (exact) mass is 501 g/mol. The summed E-state index contributed by atoms with van der Waals surface area (Å²) in [6.45, 7) is 0.467. The Morgan fingerprint density at radius 1 is 1.32 bits per heavy atom. The van der Waals surface area contributed by atoms with Crippen molar-refractivity contribution in [2.24, 2.45) is 5.11 Å². The van der Waals surface area contributed by atoms with Crippen molar-refractivity contribution < 1.29 is 46.8 Å². The first kappa shape index (κ1) is 25.7. The summed E-state index contributed by atoms with van der Waals surface area (Å²) in [4.78, 5) is 72.2. The van der Waals surface area contributed by atoms with Gasteiger partial charge in [-0.25, -0.2) is 4.79 Å². The number of hydrogen-bond donors (Lipinski definition) is 1. The van der Waals surface area contributed by atoms with Gasteiger partial charge < -0.3 is 38.0 Å². The number of aryl methyl sites for hydroxylation is 1. The van der Waals surface area contributed by atoms with E-state index in [-0.39, 0.29) is 12.0 Å². The molecular formula is C11H14N5O12P3-4. The number of rotatable bonds is 9. The van der Waals surface area contributed by atoms with Gasteiger partial charge in [-0.3, -0.25) is 23.2 Å². The average Bonchev–Trinajstić information content (AvgIpc) is 2.96. The van der Waals surface area contributed by atoms with Crippen molar-refractivity contribution in [2.75, 3.05) is 12.5 Å². The predicted octanol–water partition coefficient (Wildman–Crippen LogP) is -2.26. The highest BCUT2D eigenvalue weighted by molar-refractivity contribution is 7.71. The molecule has 2 heterocycles. The summed E-state index contributed by atoms with van der Waals surface area (Å²) in [6.07, 6.45) is -1.37. The molecule has 174 valence electrons. The van der Waals surface area contributed by atoms with E-state index in [4.69, 9.17) is 10.3 Å². The lowest BCUT2D eigenvalue weighted by molar-refractivity contribution is -0.312. The molecular weight excluding hydrogens is 487 g/mol. The van der Waals surface area contributed by atoms with Crippen molar-refractivity contribution in [3.63, 3.8) is 0 Å². The number of aromatic amines is 1. The summed E-state index contributed by atoms with van der Waals surface area (Å²) in [5, 5.41) is 3.39. The second-order valence-electron chi connectivity index (χ2n) is 6.30. The van der Waals surface area contributed by atoms with Crippen molar-refractivity contribution in [1.82, 2.24) is 9.55 Å². The van der Waals surface area contributed by atoms with Crippen LogP contribution in [-0.2, 0) is 27.3 Å². The van der Waals surface area contributed by atoms with Crippen molar-refractivity contribution in [3.05, 3.63) is 43.0 Å². The van der Waals surface area contributed by atoms with Crippen LogP contribution in [0.2, 0.25) is 0 Å². The van der Waals surface area contributed by atoms with Crippen LogP contribution in [-0.4, -0.2) is 34.2 Å². The standard InChI is InChI=1S/C11H18N5O12P3/c1-6-3-16(11(18)13-10(6)17)9-2-7(14-15-12)8(27-9)4-26-31(24,25)28-30(22,23)5-29(19,20)21/h3,7-9H,2,4-5H2,1H3,(H,22,23)(H,24,25)(H,13,17,18)(H2,19,20,21)/p-4. The van der Waals surface area contributed by atoms with Gasteiger partial charge in [-0.2, -0.15) is 0 Å². The van der Waals surface area contributed by atoms with Gasteiger partial charge in [0.1, 0.15) is 13.8 Å². The highest BCUT2D eigenvalue weighted by Crippen LogP contribution is 2.59. The van der Waals surface area contributed by atoms with Crippen LogP contribution in [0.25, 0.3) is 10.4 Å². The first-order valence-corrected chi connectivity index (χ1v) is 13.0. The summed E-state index contributed by atoms with van der Waals surface area (Å²) in [6, 6.07) is -1.07. The Kier molecular flexibility index (Phi) is 7.85. The highest BCUT2D eigenvalue weighted by Gasteiger charge is 2.37. The fourth-order valence-electron chi connectivity index (χ4n) is 2.60. The molecule has 1 fully saturated rings. The van der Waals surface area contributed by atoms with Crippen LogP contribution in [0.15, 0.2) is 20.9 Å². The van der Waals surface area contributed by atoms with E-state index in [1.807, 2.05) is 4.98 Å². The summed E-state index contributed by atoms with van der Waals surface area (Å²) in [5.74, 6) is -2.09. The summed E-state index contributed by atoms with van der Waals surface area (Å²) >= 11 is 0. The van der Waals surface area contributed by atoms with Crippen LogP contribution in [0.3, 0.4) is 0 Å². The molecule has 0 spiro atoms. The molecule has 0 radical (unpaired) electrons. The quantitative estimate of drug-likeness (QED) is 0.162. The van der Waals surface area contributed by atoms with Crippen LogP contribution in [0.1, 0.15) is 18.2 Å². The Morgan fingerprint density at radius 2 is 1.97 bits per heavy atom. The van der Waals surface area contributed by atoms with Crippen LogP contribution >= 0.6 is 23.0 Å². The highest BCUT2D eigenvalue weighted by atomic mass is 31.3. The fraction of sp³-hybridized carbons (Fsp3) is 0.636. The SMILES string of the molecule is Cc1cn(C2CC(N=[N+]=[N-])C(COP(=O)([O-])OP(=O)([O-])CP(=O)([O-])[O-])O2)c(=O)[nH]c1=O. The van der Waals surface area contributed by atoms with E-state index in [1.165, 1.54) is 13.1 Å². The smallest absolute Gasteiger partial charge is 0.330 e. The van der Waals surface area contributed by atoms with E-state index in [1.54, 1.807) is 0 Å². The molecule has 1 aromatic heterocycles. The molecule has 2 rings (SSSR count). The van der Waals surface area contributed by atoms with Crippen LogP contribution in [0.4, 0.5) is 0 Å². The first-order chi connectivity index (χ1) is 14.1. The molecule has 1 aromatic rings. The third-order valence-electron chi connectivity index (χ3n) is 3.83. The molecule has 5 unspecified atom stereocenters. The van der Waals surface area contributed by atoms with Gasteiger partial charge in [-0.1, -0.05) is 12.7 Å². The molecule has 1 N–H and O–H groups in total. The molecule has 1 saturated heterocycles. The lowest BCUT2D eigenvalue weighted by Gasteiger charge is -2.38. The van der Waals surface area contributed by atoms with Crippen molar-refractivity contribution >= 4 is 23.0 Å². The number of H-pyrrole nitrogens is 1. The largest absolute Gasteiger partial charge is 0.810 e. The molecule has 5 atom stereocenters. The Labute approximate surface area is 172 Å². The van der Waals surface area contributed by atoms with Gasteiger partial charge in [0, 0.05) is 29.0 Å². The zero-order valence-electron chi connectivity index (χ0n) is 15.5. The van der Waals surface area contributed by atoms with E-state index >= 15 is 0 Å². The van der Waals surface area contributed by atoms with Crippen molar-refractivity contribution in [3.8, 4) is 0 Å². The Morgan fingerprint density at radius 3 is 2.55 bits per heavy atom.